The summed E-state index contributed by atoms with van der Waals surface area (Å²) >= 11 is 0. The molecule has 0 bridgehead atoms. The third kappa shape index (κ3) is 6.30. The number of carbonyl (C=O) groups excluding carboxylic acids is 1. The third-order valence-corrected chi connectivity index (χ3v) is 4.52. The quantitative estimate of drug-likeness (QED) is 0.816. The Bertz CT molecular complexity index is 544. The molecule has 6 heteroatoms. The van der Waals surface area contributed by atoms with Crippen molar-refractivity contribution in [3.8, 4) is 0 Å². The van der Waals surface area contributed by atoms with Crippen LogP contribution in [0.15, 0.2) is 30.3 Å². The predicted molar refractivity (Wildman–Crippen MR) is 101 cm³/mol. The summed E-state index contributed by atoms with van der Waals surface area (Å²) < 4.78 is 0. The number of likely N-dealkylation sites (N-methyl/N-ethyl adjacent to an activating group) is 2. The van der Waals surface area contributed by atoms with E-state index in [9.17, 15) is 9.90 Å². The molecular weight excluding hydrogens is 316 g/mol. The summed E-state index contributed by atoms with van der Waals surface area (Å²) in [5.41, 5.74) is 0.432. The van der Waals surface area contributed by atoms with Crippen LogP contribution in [0.1, 0.15) is 25.5 Å². The Balaban J connectivity index is 1.87. The monoisotopic (exact) mass is 348 g/mol. The number of amides is 2. The Kier molecular flexibility index (Phi) is 6.81. The number of nitrogens with zero attached hydrogens (tertiary/aromatic N) is 3. The van der Waals surface area contributed by atoms with Gasteiger partial charge >= 0.3 is 6.03 Å². The average Bonchev–Trinajstić information content (AvgIpc) is 2.55. The van der Waals surface area contributed by atoms with Crippen molar-refractivity contribution in [2.75, 3.05) is 53.4 Å². The van der Waals surface area contributed by atoms with E-state index >= 15 is 0 Å². The van der Waals surface area contributed by atoms with Gasteiger partial charge in [0.1, 0.15) is 0 Å². The number of benzene rings is 1. The van der Waals surface area contributed by atoms with Crippen LogP contribution in [-0.4, -0.2) is 84.8 Å². The van der Waals surface area contributed by atoms with Crippen molar-refractivity contribution in [2.24, 2.45) is 0 Å². The van der Waals surface area contributed by atoms with E-state index in [4.69, 9.17) is 0 Å². The Morgan fingerprint density at radius 2 is 2.00 bits per heavy atom. The minimum absolute atomic E-state index is 0.146. The van der Waals surface area contributed by atoms with Gasteiger partial charge in [-0.25, -0.2) is 4.79 Å². The van der Waals surface area contributed by atoms with E-state index in [1.165, 1.54) is 10.5 Å². The van der Waals surface area contributed by atoms with E-state index < -0.39 is 5.60 Å². The number of aliphatic hydroxyl groups is 1. The van der Waals surface area contributed by atoms with Crippen LogP contribution in [0.3, 0.4) is 0 Å². The number of nitrogens with one attached hydrogen (secondary N) is 1. The Morgan fingerprint density at radius 3 is 2.64 bits per heavy atom. The molecule has 25 heavy (non-hydrogen) atoms. The van der Waals surface area contributed by atoms with Crippen molar-refractivity contribution in [2.45, 2.75) is 25.5 Å². The molecule has 1 aliphatic rings. The second-order valence-electron chi connectivity index (χ2n) is 7.63. The van der Waals surface area contributed by atoms with Crippen molar-refractivity contribution in [3.05, 3.63) is 35.9 Å². The number of hydrogen-bond acceptors (Lipinski definition) is 4. The van der Waals surface area contributed by atoms with Gasteiger partial charge in [0.15, 0.2) is 0 Å². The maximum Gasteiger partial charge on any atom is 0.317 e. The van der Waals surface area contributed by atoms with E-state index in [2.05, 4.69) is 46.4 Å². The molecule has 2 rings (SSSR count). The molecule has 1 aromatic rings. The molecule has 2 N–H and O–H groups in total. The van der Waals surface area contributed by atoms with Gasteiger partial charge in [0.25, 0.3) is 0 Å². The normalized spacial score (nSPS) is 19.6. The molecular formula is C19H32N4O2. The predicted octanol–water partition coefficient (Wildman–Crippen LogP) is 1.39. The fraction of sp³-hybridized carbons (Fsp3) is 0.632. The van der Waals surface area contributed by atoms with E-state index in [0.717, 1.165) is 26.2 Å². The highest BCUT2D eigenvalue weighted by atomic mass is 16.3. The van der Waals surface area contributed by atoms with Crippen molar-refractivity contribution < 1.29 is 9.90 Å². The lowest BCUT2D eigenvalue weighted by Crippen LogP contribution is -2.50. The van der Waals surface area contributed by atoms with Crippen LogP contribution < -0.4 is 5.32 Å². The lowest BCUT2D eigenvalue weighted by atomic mass is 10.0. The Morgan fingerprint density at radius 1 is 1.32 bits per heavy atom. The third-order valence-electron chi connectivity index (χ3n) is 4.52. The first-order valence-electron chi connectivity index (χ1n) is 8.95. The lowest BCUT2D eigenvalue weighted by Gasteiger charge is -2.40. The summed E-state index contributed by atoms with van der Waals surface area (Å²) in [6.07, 6.45) is 0. The van der Waals surface area contributed by atoms with Gasteiger partial charge in [-0.3, -0.25) is 4.90 Å². The van der Waals surface area contributed by atoms with E-state index in [-0.39, 0.29) is 6.03 Å². The maximum atomic E-state index is 12.1. The molecule has 1 saturated heterocycles. The zero-order valence-corrected chi connectivity index (χ0v) is 15.9. The smallest absolute Gasteiger partial charge is 0.317 e. The summed E-state index contributed by atoms with van der Waals surface area (Å²) in [6, 6.07) is 10.8. The topological polar surface area (TPSA) is 59.0 Å². The molecule has 1 aliphatic heterocycles. The molecule has 0 aliphatic carbocycles. The number of carbonyl (C=O) groups is 1. The minimum Gasteiger partial charge on any atom is -0.389 e. The molecule has 0 aromatic heterocycles. The molecule has 0 spiro atoms. The largest absolute Gasteiger partial charge is 0.389 e. The molecule has 1 heterocycles. The Hall–Kier alpha value is -1.63. The van der Waals surface area contributed by atoms with E-state index in [1.807, 2.05) is 6.07 Å². The number of hydrogen-bond donors (Lipinski definition) is 2. The second-order valence-corrected chi connectivity index (χ2v) is 7.63. The van der Waals surface area contributed by atoms with Crippen LogP contribution in [0.5, 0.6) is 0 Å². The van der Waals surface area contributed by atoms with Crippen molar-refractivity contribution in [1.29, 1.82) is 0 Å². The van der Waals surface area contributed by atoms with Gasteiger partial charge in [0.05, 0.1) is 12.1 Å². The van der Waals surface area contributed by atoms with Crippen LogP contribution in [-0.2, 0) is 0 Å². The molecule has 0 unspecified atom stereocenters. The van der Waals surface area contributed by atoms with Crippen LogP contribution >= 0.6 is 0 Å². The molecule has 0 saturated carbocycles. The summed E-state index contributed by atoms with van der Waals surface area (Å²) in [4.78, 5) is 18.5. The number of piperazine rings is 1. The van der Waals surface area contributed by atoms with Crippen LogP contribution in [0.25, 0.3) is 0 Å². The van der Waals surface area contributed by atoms with Gasteiger partial charge in [-0.2, -0.15) is 0 Å². The van der Waals surface area contributed by atoms with Gasteiger partial charge in [-0.15, -0.1) is 0 Å². The maximum absolute atomic E-state index is 12.1. The Labute approximate surface area is 151 Å². The highest BCUT2D eigenvalue weighted by Gasteiger charge is 2.26. The fourth-order valence-electron chi connectivity index (χ4n) is 3.31. The van der Waals surface area contributed by atoms with Crippen molar-refractivity contribution in [3.63, 3.8) is 0 Å². The van der Waals surface area contributed by atoms with E-state index in [0.29, 0.717) is 19.1 Å². The summed E-state index contributed by atoms with van der Waals surface area (Å²) in [5.74, 6) is 0. The molecule has 1 aromatic carbocycles. The average molecular weight is 348 g/mol. The van der Waals surface area contributed by atoms with Gasteiger partial charge < -0.3 is 20.2 Å². The summed E-state index contributed by atoms with van der Waals surface area (Å²) in [6.45, 7) is 8.15. The van der Waals surface area contributed by atoms with Gasteiger partial charge in [0.2, 0.25) is 0 Å². The van der Waals surface area contributed by atoms with E-state index in [1.54, 1.807) is 20.9 Å². The standard InChI is InChI=1S/C19H32N4O2/c1-19(2,25)15-22(4)18(24)20-10-11-23-13-12-21(3)14-17(23)16-8-6-5-7-9-16/h5-9,17,25H,10-15H2,1-4H3,(H,20,24)/t17-/m1/s1. The minimum atomic E-state index is -0.887. The highest BCUT2D eigenvalue weighted by Crippen LogP contribution is 2.24. The van der Waals surface area contributed by atoms with Gasteiger partial charge in [0, 0.05) is 45.8 Å². The lowest BCUT2D eigenvalue weighted by molar-refractivity contribution is 0.0527. The van der Waals surface area contributed by atoms with Crippen LogP contribution in [0.2, 0.25) is 0 Å². The first-order chi connectivity index (χ1) is 11.8. The van der Waals surface area contributed by atoms with Gasteiger partial charge in [-0.1, -0.05) is 30.3 Å². The van der Waals surface area contributed by atoms with Crippen LogP contribution in [0.4, 0.5) is 4.79 Å². The second kappa shape index (κ2) is 8.65. The zero-order valence-electron chi connectivity index (χ0n) is 15.9. The van der Waals surface area contributed by atoms with Crippen molar-refractivity contribution >= 4 is 6.03 Å². The van der Waals surface area contributed by atoms with Crippen LogP contribution in [0, 0.1) is 0 Å². The number of rotatable bonds is 6. The summed E-state index contributed by atoms with van der Waals surface area (Å²) in [7, 11) is 3.86. The first-order valence-corrected chi connectivity index (χ1v) is 8.95. The summed E-state index contributed by atoms with van der Waals surface area (Å²) in [5, 5.41) is 12.8. The molecule has 1 fully saturated rings. The molecule has 2 amide bonds. The van der Waals surface area contributed by atoms with Crippen molar-refractivity contribution in [1.82, 2.24) is 20.0 Å². The fourth-order valence-corrected chi connectivity index (χ4v) is 3.31. The molecule has 140 valence electrons. The molecule has 0 radical (unpaired) electrons. The highest BCUT2D eigenvalue weighted by molar-refractivity contribution is 5.73. The first kappa shape index (κ1) is 19.7. The SMILES string of the molecule is CN1CCN(CCNC(=O)N(C)CC(C)(C)O)[C@@H](c2ccccc2)C1. The zero-order chi connectivity index (χ0) is 18.4. The number of urea groups is 1. The molecule has 1 atom stereocenters. The van der Waals surface area contributed by atoms with Gasteiger partial charge in [-0.05, 0) is 26.5 Å². The molecule has 6 nitrogen and oxygen atoms in total.